The van der Waals surface area contributed by atoms with Gasteiger partial charge in [-0.05, 0) is 29.4 Å². The van der Waals surface area contributed by atoms with Gasteiger partial charge in [0.2, 0.25) is 0 Å². The molecule has 142 valence electrons. The summed E-state index contributed by atoms with van der Waals surface area (Å²) in [5, 5.41) is 9.14. The van der Waals surface area contributed by atoms with E-state index in [9.17, 15) is 19.1 Å². The molecule has 0 aliphatic carbocycles. The molecule has 0 radical (unpaired) electrons. The second-order valence-corrected chi connectivity index (χ2v) is 8.39. The first-order valence-electron chi connectivity index (χ1n) is 6.87. The highest BCUT2D eigenvalue weighted by Gasteiger charge is 2.48. The summed E-state index contributed by atoms with van der Waals surface area (Å²) in [6.07, 6.45) is 1.00. The summed E-state index contributed by atoms with van der Waals surface area (Å²) in [7, 11) is -9.81. The highest BCUT2D eigenvalue weighted by Crippen LogP contribution is 2.63. The summed E-state index contributed by atoms with van der Waals surface area (Å²) >= 11 is 5.04. The van der Waals surface area contributed by atoms with Crippen molar-refractivity contribution in [3.63, 3.8) is 0 Å². The topological polar surface area (TPSA) is 184 Å². The van der Waals surface area contributed by atoms with Crippen LogP contribution in [0.4, 0.5) is 0 Å². The van der Waals surface area contributed by atoms with Crippen LogP contribution >= 0.6 is 28.2 Å². The molecule has 2 heterocycles. The standard InChI is InChI=1S/C10H16N2O10P2S/c13-4-6-3-12(10(25)11-9(6)14)8-2-1-7(21-8)5-20-24(18,19)22-23(15,16)17/h3,7-8,13,18-19H,1-2,4-5H2,(H2-,11,14,15,16,17,25)/p+1. The van der Waals surface area contributed by atoms with Gasteiger partial charge in [-0.1, -0.05) is 0 Å². The van der Waals surface area contributed by atoms with E-state index in [0.29, 0.717) is 12.8 Å². The van der Waals surface area contributed by atoms with Crippen LogP contribution in [0.25, 0.3) is 0 Å². The van der Waals surface area contributed by atoms with Crippen molar-refractivity contribution < 1.29 is 42.8 Å². The van der Waals surface area contributed by atoms with Crippen LogP contribution in [0.2, 0.25) is 0 Å². The van der Waals surface area contributed by atoms with E-state index in [1.54, 1.807) is 0 Å². The van der Waals surface area contributed by atoms with Crippen molar-refractivity contribution >= 4 is 28.2 Å². The number of H-pyrrole nitrogens is 1. The van der Waals surface area contributed by atoms with Gasteiger partial charge in [-0.25, -0.2) is 4.57 Å². The van der Waals surface area contributed by atoms with Crippen molar-refractivity contribution in [3.8, 4) is 0 Å². The average Bonchev–Trinajstić information content (AvgIpc) is 2.92. The fourth-order valence-corrected chi connectivity index (χ4v) is 4.13. The summed E-state index contributed by atoms with van der Waals surface area (Å²) in [5.74, 6) is 0. The number of aliphatic hydroxyl groups is 1. The van der Waals surface area contributed by atoms with Gasteiger partial charge >= 0.3 is 16.0 Å². The van der Waals surface area contributed by atoms with E-state index in [1.807, 2.05) is 0 Å². The van der Waals surface area contributed by atoms with E-state index in [0.717, 1.165) is 0 Å². The molecule has 1 aromatic heterocycles. The Morgan fingerprint density at radius 3 is 2.72 bits per heavy atom. The third-order valence-corrected chi connectivity index (χ3v) is 5.75. The van der Waals surface area contributed by atoms with Gasteiger partial charge in [0.25, 0.3) is 5.56 Å². The zero-order valence-electron chi connectivity index (χ0n) is 12.6. The molecule has 6 N–H and O–H groups in total. The van der Waals surface area contributed by atoms with Crippen molar-refractivity contribution in [1.82, 2.24) is 9.55 Å². The predicted octanol–water partition coefficient (Wildman–Crippen LogP) is -0.136. The van der Waals surface area contributed by atoms with Gasteiger partial charge in [-0.3, -0.25) is 14.3 Å². The number of aromatic amines is 1. The summed E-state index contributed by atoms with van der Waals surface area (Å²) in [5.41, 5.74) is -0.408. The largest absolute Gasteiger partial charge is 0.580 e. The minimum Gasteiger partial charge on any atom is -0.391 e. The molecule has 0 saturated carbocycles. The van der Waals surface area contributed by atoms with Gasteiger partial charge in [-0.2, -0.15) is 14.3 Å². The quantitative estimate of drug-likeness (QED) is 0.255. The lowest BCUT2D eigenvalue weighted by Crippen LogP contribution is -2.22. The molecule has 12 nitrogen and oxygen atoms in total. The van der Waals surface area contributed by atoms with Gasteiger partial charge in [0.15, 0.2) is 4.77 Å². The highest BCUT2D eigenvalue weighted by molar-refractivity contribution is 7.71. The van der Waals surface area contributed by atoms with E-state index < -0.39 is 40.5 Å². The molecule has 2 atom stereocenters. The SMILES string of the molecule is O=c1[nH]c(=S)n(C2CCC(CO[P+](O)(O)OP(=O)(O)O)O2)cc1CO. The first kappa shape index (κ1) is 20.7. The lowest BCUT2D eigenvalue weighted by molar-refractivity contribution is -0.0264. The Hall–Kier alpha value is -0.560. The number of hydrogen-bond donors (Lipinski definition) is 6. The Balaban J connectivity index is 1.99. The number of ether oxygens (including phenoxy) is 1. The van der Waals surface area contributed by atoms with Crippen LogP contribution < -0.4 is 5.56 Å². The normalized spacial score (nSPS) is 21.6. The molecule has 2 unspecified atom stereocenters. The maximum absolute atomic E-state index is 11.5. The smallest absolute Gasteiger partial charge is 0.391 e. The molecule has 0 spiro atoms. The predicted molar refractivity (Wildman–Crippen MR) is 85.4 cm³/mol. The monoisotopic (exact) mass is 419 g/mol. The zero-order valence-corrected chi connectivity index (χ0v) is 15.2. The van der Waals surface area contributed by atoms with Gasteiger partial charge in [-0.15, -0.1) is 0 Å². The van der Waals surface area contributed by atoms with Crippen LogP contribution in [-0.2, 0) is 24.7 Å². The zero-order chi connectivity index (χ0) is 18.8. The van der Waals surface area contributed by atoms with Gasteiger partial charge < -0.3 is 19.6 Å². The highest BCUT2D eigenvalue weighted by atomic mass is 32.1. The number of phosphoric acid groups is 1. The lowest BCUT2D eigenvalue weighted by atomic mass is 10.2. The van der Waals surface area contributed by atoms with Crippen molar-refractivity contribution in [3.05, 3.63) is 26.9 Å². The van der Waals surface area contributed by atoms with E-state index in [4.69, 9.17) is 31.8 Å². The lowest BCUT2D eigenvalue weighted by Gasteiger charge is -2.17. The van der Waals surface area contributed by atoms with Crippen molar-refractivity contribution in [2.45, 2.75) is 31.8 Å². The summed E-state index contributed by atoms with van der Waals surface area (Å²) in [4.78, 5) is 49.7. The molecule has 1 aliphatic heterocycles. The summed E-state index contributed by atoms with van der Waals surface area (Å²) in [6.45, 7) is -0.868. The Labute approximate surface area is 146 Å². The number of nitrogens with one attached hydrogen (secondary N) is 1. The number of nitrogens with zero attached hydrogens (tertiary/aromatic N) is 1. The number of rotatable bonds is 7. The van der Waals surface area contributed by atoms with Crippen molar-refractivity contribution in [2.24, 2.45) is 0 Å². The van der Waals surface area contributed by atoms with E-state index in [1.165, 1.54) is 10.8 Å². The first-order valence-corrected chi connectivity index (χ1v) is 10.3. The Morgan fingerprint density at radius 1 is 1.44 bits per heavy atom. The molecule has 1 aliphatic rings. The first-order chi connectivity index (χ1) is 11.5. The molecule has 0 aromatic carbocycles. The summed E-state index contributed by atoms with van der Waals surface area (Å²) < 4.78 is 26.1. The molecule has 0 amide bonds. The third-order valence-electron chi connectivity index (χ3n) is 3.25. The molecule has 25 heavy (non-hydrogen) atoms. The minimum absolute atomic E-state index is 0.0877. The van der Waals surface area contributed by atoms with Crippen molar-refractivity contribution in [2.75, 3.05) is 6.61 Å². The van der Waals surface area contributed by atoms with Crippen LogP contribution in [0.1, 0.15) is 24.6 Å². The minimum atomic E-state index is -5.12. The van der Waals surface area contributed by atoms with E-state index in [-0.39, 0.29) is 16.9 Å². The Kier molecular flexibility index (Phi) is 6.63. The fourth-order valence-electron chi connectivity index (χ4n) is 2.21. The number of hydrogen-bond acceptors (Lipinski definition) is 9. The molecule has 0 bridgehead atoms. The fraction of sp³-hybridized carbons (Fsp3) is 0.600. The summed E-state index contributed by atoms with van der Waals surface area (Å²) in [6, 6.07) is 0. The van der Waals surface area contributed by atoms with Crippen LogP contribution in [0.15, 0.2) is 11.0 Å². The Morgan fingerprint density at radius 2 is 2.12 bits per heavy atom. The van der Waals surface area contributed by atoms with Gasteiger partial charge in [0.05, 0.1) is 18.3 Å². The average molecular weight is 419 g/mol. The van der Waals surface area contributed by atoms with Crippen LogP contribution in [0, 0.1) is 4.77 Å². The molecule has 15 heteroatoms. The maximum Gasteiger partial charge on any atom is 0.580 e. The molecule has 1 aromatic rings. The number of aliphatic hydroxyl groups excluding tert-OH is 1. The number of aromatic nitrogens is 2. The molecular formula is C10H17N2O10P2S+. The van der Waals surface area contributed by atoms with Crippen molar-refractivity contribution in [1.29, 1.82) is 0 Å². The van der Waals surface area contributed by atoms with E-state index in [2.05, 4.69) is 13.8 Å². The second kappa shape index (κ2) is 7.99. The molecule has 1 saturated heterocycles. The van der Waals surface area contributed by atoms with Gasteiger partial charge in [0, 0.05) is 6.20 Å². The molecular weight excluding hydrogens is 402 g/mol. The van der Waals surface area contributed by atoms with Gasteiger partial charge in [0.1, 0.15) is 12.8 Å². The molecule has 2 rings (SSSR count). The second-order valence-electron chi connectivity index (χ2n) is 5.13. The Bertz CT molecular complexity index is 774. The van der Waals surface area contributed by atoms with E-state index >= 15 is 0 Å². The van der Waals surface area contributed by atoms with Crippen LogP contribution in [0.3, 0.4) is 0 Å². The third kappa shape index (κ3) is 5.98. The van der Waals surface area contributed by atoms with Crippen LogP contribution in [0.5, 0.6) is 0 Å². The maximum atomic E-state index is 11.5. The molecule has 1 fully saturated rings. The van der Waals surface area contributed by atoms with Crippen LogP contribution in [-0.4, -0.2) is 46.9 Å².